The summed E-state index contributed by atoms with van der Waals surface area (Å²) in [5.74, 6) is 0.670. The Kier molecular flexibility index (Phi) is 2.78. The number of fused-ring (bicyclic) bond motifs is 1. The summed E-state index contributed by atoms with van der Waals surface area (Å²) in [4.78, 5) is 17.4. The van der Waals surface area contributed by atoms with E-state index in [2.05, 4.69) is 15.1 Å². The number of para-hydroxylation sites is 2. The highest BCUT2D eigenvalue weighted by molar-refractivity contribution is 7.99. The van der Waals surface area contributed by atoms with Crippen LogP contribution in [0.5, 0.6) is 0 Å². The molecule has 14 heavy (non-hydrogen) atoms. The lowest BCUT2D eigenvalue weighted by Gasteiger charge is -1.89. The van der Waals surface area contributed by atoms with Crippen LogP contribution in [0.2, 0.25) is 0 Å². The van der Waals surface area contributed by atoms with Crippen molar-refractivity contribution in [3.05, 3.63) is 29.2 Å². The van der Waals surface area contributed by atoms with E-state index in [0.29, 0.717) is 12.3 Å². The highest BCUT2D eigenvalue weighted by Gasteiger charge is 2.01. The quantitative estimate of drug-likeness (QED) is 0.476. The molecule has 0 spiro atoms. The zero-order valence-electron chi connectivity index (χ0n) is 7.43. The molecule has 0 saturated carbocycles. The lowest BCUT2D eigenvalue weighted by molar-refractivity contribution is 1.06. The van der Waals surface area contributed by atoms with Gasteiger partial charge in [0.25, 0.3) is 0 Å². The smallest absolute Gasteiger partial charge is 0.166 e. The summed E-state index contributed by atoms with van der Waals surface area (Å²) < 4.78 is 0. The average Bonchev–Trinajstić information content (AvgIpc) is 2.60. The third-order valence-corrected chi connectivity index (χ3v) is 2.64. The van der Waals surface area contributed by atoms with Gasteiger partial charge < -0.3 is 4.98 Å². The largest absolute Gasteiger partial charge is 0.333 e. The zero-order valence-corrected chi connectivity index (χ0v) is 8.25. The molecule has 0 amide bonds. The summed E-state index contributed by atoms with van der Waals surface area (Å²) in [6.07, 6.45) is 0. The molecule has 0 atom stereocenters. The van der Waals surface area contributed by atoms with Gasteiger partial charge in [0.15, 0.2) is 5.16 Å². The maximum absolute atomic E-state index is 9.87. The molecule has 5 heteroatoms. The summed E-state index contributed by atoms with van der Waals surface area (Å²) >= 11 is 1.51. The predicted molar refractivity (Wildman–Crippen MR) is 57.5 cm³/mol. The van der Waals surface area contributed by atoms with E-state index in [1.54, 1.807) is 0 Å². The molecule has 0 aliphatic carbocycles. The highest BCUT2D eigenvalue weighted by Crippen LogP contribution is 2.18. The van der Waals surface area contributed by atoms with Gasteiger partial charge in [-0.15, -0.1) is 0 Å². The van der Waals surface area contributed by atoms with Crippen LogP contribution in [0.3, 0.4) is 0 Å². The zero-order chi connectivity index (χ0) is 9.80. The van der Waals surface area contributed by atoms with Gasteiger partial charge in [0.05, 0.1) is 17.6 Å². The maximum Gasteiger partial charge on any atom is 0.166 e. The fraction of sp³-hybridized carbons (Fsp3) is 0.222. The summed E-state index contributed by atoms with van der Waals surface area (Å²) in [6, 6.07) is 7.84. The van der Waals surface area contributed by atoms with Crippen LogP contribution in [-0.2, 0) is 0 Å². The van der Waals surface area contributed by atoms with Crippen molar-refractivity contribution < 1.29 is 0 Å². The number of H-pyrrole nitrogens is 1. The molecule has 1 aromatic carbocycles. The van der Waals surface area contributed by atoms with Gasteiger partial charge in [-0.25, -0.2) is 4.98 Å². The fourth-order valence-corrected chi connectivity index (χ4v) is 1.88. The summed E-state index contributed by atoms with van der Waals surface area (Å²) in [5, 5.41) is 3.63. The van der Waals surface area contributed by atoms with Crippen molar-refractivity contribution in [3.63, 3.8) is 0 Å². The molecule has 0 aliphatic rings. The number of nitrogens with one attached hydrogen (secondary N) is 1. The first-order valence-corrected chi connectivity index (χ1v) is 5.25. The Hall–Kier alpha value is -1.36. The SMILES string of the molecule is O=NCCSc1nc2ccccc2[nH]1. The van der Waals surface area contributed by atoms with E-state index in [1.165, 1.54) is 11.8 Å². The molecule has 0 aliphatic heterocycles. The molecule has 1 aromatic heterocycles. The van der Waals surface area contributed by atoms with Crippen molar-refractivity contribution in [1.29, 1.82) is 0 Å². The van der Waals surface area contributed by atoms with Gasteiger partial charge in [-0.1, -0.05) is 29.1 Å². The molecule has 0 saturated heterocycles. The van der Waals surface area contributed by atoms with Gasteiger partial charge in [-0.05, 0) is 12.1 Å². The van der Waals surface area contributed by atoms with Crippen molar-refractivity contribution in [2.45, 2.75) is 5.16 Å². The molecule has 0 unspecified atom stereocenters. The Morgan fingerprint density at radius 2 is 2.29 bits per heavy atom. The lowest BCUT2D eigenvalue weighted by atomic mass is 10.3. The first kappa shape index (κ1) is 9.21. The number of nitroso groups, excluding NO2 is 1. The molecular weight excluding hydrogens is 198 g/mol. The van der Waals surface area contributed by atoms with E-state index in [-0.39, 0.29) is 0 Å². The highest BCUT2D eigenvalue weighted by atomic mass is 32.2. The minimum Gasteiger partial charge on any atom is -0.333 e. The van der Waals surface area contributed by atoms with Crippen LogP contribution in [0, 0.1) is 4.91 Å². The molecule has 1 N–H and O–H groups in total. The number of imidazole rings is 1. The molecule has 1 heterocycles. The van der Waals surface area contributed by atoms with E-state index >= 15 is 0 Å². The number of hydrogen-bond donors (Lipinski definition) is 1. The van der Waals surface area contributed by atoms with Crippen LogP contribution in [0.15, 0.2) is 34.6 Å². The molecule has 0 radical (unpaired) electrons. The van der Waals surface area contributed by atoms with Crippen molar-refractivity contribution in [2.24, 2.45) is 5.18 Å². The normalized spacial score (nSPS) is 10.6. The van der Waals surface area contributed by atoms with E-state index in [4.69, 9.17) is 0 Å². The molecule has 2 aromatic rings. The van der Waals surface area contributed by atoms with Crippen LogP contribution in [-0.4, -0.2) is 22.3 Å². The van der Waals surface area contributed by atoms with Gasteiger partial charge in [0.2, 0.25) is 0 Å². The van der Waals surface area contributed by atoms with Crippen LogP contribution >= 0.6 is 11.8 Å². The Morgan fingerprint density at radius 3 is 3.07 bits per heavy atom. The molecule has 0 fully saturated rings. The van der Waals surface area contributed by atoms with E-state index < -0.39 is 0 Å². The van der Waals surface area contributed by atoms with Crippen molar-refractivity contribution in [3.8, 4) is 0 Å². The average molecular weight is 207 g/mol. The third kappa shape index (κ3) is 1.93. The summed E-state index contributed by atoms with van der Waals surface area (Å²) in [7, 11) is 0. The number of nitrogens with zero attached hydrogens (tertiary/aromatic N) is 2. The minimum atomic E-state index is 0.321. The van der Waals surface area contributed by atoms with E-state index in [0.717, 1.165) is 16.2 Å². The van der Waals surface area contributed by atoms with E-state index in [1.807, 2.05) is 24.3 Å². The number of benzene rings is 1. The molecular formula is C9H9N3OS. The number of aromatic amines is 1. The second-order valence-electron chi connectivity index (χ2n) is 2.76. The Labute approximate surface area is 85.1 Å². The Bertz CT molecular complexity index is 407. The van der Waals surface area contributed by atoms with Crippen molar-refractivity contribution in [2.75, 3.05) is 12.3 Å². The van der Waals surface area contributed by atoms with Crippen molar-refractivity contribution in [1.82, 2.24) is 9.97 Å². The second kappa shape index (κ2) is 4.23. The Balaban J connectivity index is 2.14. The first-order valence-electron chi connectivity index (χ1n) is 4.27. The van der Waals surface area contributed by atoms with E-state index in [9.17, 15) is 4.91 Å². The topological polar surface area (TPSA) is 58.1 Å². The van der Waals surface area contributed by atoms with Gasteiger partial charge >= 0.3 is 0 Å². The van der Waals surface area contributed by atoms with Gasteiger partial charge in [0, 0.05) is 5.75 Å². The van der Waals surface area contributed by atoms with Gasteiger partial charge in [-0.2, -0.15) is 4.91 Å². The summed E-state index contributed by atoms with van der Waals surface area (Å²) in [6.45, 7) is 0.321. The third-order valence-electron chi connectivity index (χ3n) is 1.79. The minimum absolute atomic E-state index is 0.321. The maximum atomic E-state index is 9.87. The molecule has 72 valence electrons. The standard InChI is InChI=1S/C9H9N3OS/c13-10-5-6-14-9-11-7-3-1-2-4-8(7)12-9/h1-4H,5-6H2,(H,11,12). The van der Waals surface area contributed by atoms with Gasteiger partial charge in [-0.3, -0.25) is 0 Å². The van der Waals surface area contributed by atoms with Crippen LogP contribution in [0.25, 0.3) is 11.0 Å². The number of rotatable bonds is 4. The van der Waals surface area contributed by atoms with Crippen LogP contribution in [0.1, 0.15) is 0 Å². The predicted octanol–water partition coefficient (Wildman–Crippen LogP) is 2.42. The van der Waals surface area contributed by atoms with Crippen LogP contribution in [0.4, 0.5) is 0 Å². The Morgan fingerprint density at radius 1 is 1.43 bits per heavy atom. The molecule has 0 bridgehead atoms. The second-order valence-corrected chi connectivity index (χ2v) is 3.84. The lowest BCUT2D eigenvalue weighted by Crippen LogP contribution is -1.84. The monoisotopic (exact) mass is 207 g/mol. The number of hydrogen-bond acceptors (Lipinski definition) is 4. The van der Waals surface area contributed by atoms with Crippen molar-refractivity contribution >= 4 is 22.8 Å². The fourth-order valence-electron chi connectivity index (χ4n) is 1.18. The number of aromatic nitrogens is 2. The summed E-state index contributed by atoms with van der Waals surface area (Å²) in [5.41, 5.74) is 1.98. The molecule has 2 rings (SSSR count). The van der Waals surface area contributed by atoms with Crippen LogP contribution < -0.4 is 0 Å². The van der Waals surface area contributed by atoms with Gasteiger partial charge in [0.1, 0.15) is 0 Å². The first-order chi connectivity index (χ1) is 6.90. The number of thioether (sulfide) groups is 1. The molecule has 4 nitrogen and oxygen atoms in total.